The first-order valence-corrected chi connectivity index (χ1v) is 4.47. The molecule has 1 aliphatic rings. The molecule has 2 amide bonds. The molecule has 1 aliphatic heterocycles. The van der Waals surface area contributed by atoms with Crippen molar-refractivity contribution in [3.8, 4) is 0 Å². The number of hydrogen-bond acceptors (Lipinski definition) is 2. The predicted octanol–water partition coefficient (Wildman–Crippen LogP) is 1.25. The minimum absolute atomic E-state index is 0.156. The maximum absolute atomic E-state index is 11.4. The molecule has 0 saturated carbocycles. The molecule has 3 nitrogen and oxygen atoms in total. The Hall–Kier alpha value is -1.12. The van der Waals surface area contributed by atoms with Gasteiger partial charge in [-0.1, -0.05) is 19.4 Å². The van der Waals surface area contributed by atoms with Gasteiger partial charge in [0, 0.05) is 5.57 Å². The molecule has 1 heterocycles. The molecule has 0 aliphatic carbocycles. The summed E-state index contributed by atoms with van der Waals surface area (Å²) in [6.07, 6.45) is 0. The molecule has 0 radical (unpaired) electrons. The van der Waals surface area contributed by atoms with Crippen molar-refractivity contribution in [2.24, 2.45) is 11.8 Å². The molecule has 72 valence electrons. The van der Waals surface area contributed by atoms with Crippen LogP contribution in [0.5, 0.6) is 0 Å². The highest BCUT2D eigenvalue weighted by Crippen LogP contribution is 2.28. The molecule has 1 fully saturated rings. The molecule has 13 heavy (non-hydrogen) atoms. The summed E-state index contributed by atoms with van der Waals surface area (Å²) in [7, 11) is 0. The van der Waals surface area contributed by atoms with E-state index in [1.807, 2.05) is 27.7 Å². The molecule has 3 heteroatoms. The van der Waals surface area contributed by atoms with Crippen LogP contribution in [-0.4, -0.2) is 11.8 Å². The highest BCUT2D eigenvalue weighted by atomic mass is 16.2. The number of amides is 2. The van der Waals surface area contributed by atoms with Gasteiger partial charge in [0.05, 0.1) is 5.92 Å². The fraction of sp³-hybridized carbons (Fsp3) is 0.600. The van der Waals surface area contributed by atoms with E-state index in [0.29, 0.717) is 5.57 Å². The fourth-order valence-corrected chi connectivity index (χ4v) is 1.70. The summed E-state index contributed by atoms with van der Waals surface area (Å²) < 4.78 is 0. The molecule has 1 N–H and O–H groups in total. The minimum atomic E-state index is -0.252. The van der Waals surface area contributed by atoms with Gasteiger partial charge in [0.1, 0.15) is 0 Å². The smallest absolute Gasteiger partial charge is 0.254 e. The zero-order valence-corrected chi connectivity index (χ0v) is 8.47. The lowest BCUT2D eigenvalue weighted by atomic mass is 9.88. The van der Waals surface area contributed by atoms with Gasteiger partial charge in [-0.25, -0.2) is 0 Å². The van der Waals surface area contributed by atoms with Crippen LogP contribution in [0.3, 0.4) is 0 Å². The van der Waals surface area contributed by atoms with Crippen LogP contribution in [0.2, 0.25) is 0 Å². The van der Waals surface area contributed by atoms with Crippen LogP contribution in [0.1, 0.15) is 27.7 Å². The number of imide groups is 1. The molecular weight excluding hydrogens is 166 g/mol. The first-order chi connectivity index (χ1) is 5.95. The Morgan fingerprint density at radius 3 is 2.15 bits per heavy atom. The van der Waals surface area contributed by atoms with Crippen molar-refractivity contribution < 1.29 is 9.59 Å². The van der Waals surface area contributed by atoms with Crippen LogP contribution in [-0.2, 0) is 9.59 Å². The van der Waals surface area contributed by atoms with Gasteiger partial charge in [0.2, 0.25) is 5.91 Å². The first-order valence-electron chi connectivity index (χ1n) is 4.47. The average molecular weight is 181 g/mol. The number of allylic oxidation sites excluding steroid dienone is 1. The Morgan fingerprint density at radius 1 is 1.31 bits per heavy atom. The Bertz CT molecular complexity index is 285. The van der Waals surface area contributed by atoms with Gasteiger partial charge in [-0.2, -0.15) is 0 Å². The highest BCUT2D eigenvalue weighted by molar-refractivity contribution is 6.15. The molecule has 1 unspecified atom stereocenters. The first kappa shape index (κ1) is 9.96. The summed E-state index contributed by atoms with van der Waals surface area (Å²) in [5.74, 6) is -0.450. The van der Waals surface area contributed by atoms with Gasteiger partial charge in [-0.3, -0.25) is 14.9 Å². The molecule has 1 atom stereocenters. The number of carbonyl (C=O) groups is 2. The maximum Gasteiger partial charge on any atom is 0.254 e. The van der Waals surface area contributed by atoms with E-state index < -0.39 is 0 Å². The summed E-state index contributed by atoms with van der Waals surface area (Å²) in [5, 5.41) is 2.34. The standard InChI is InChI=1S/C10H15NO2/c1-5(2)7-8(6(3)4)10(13)11-9(7)12/h5,7H,1-4H3,(H,11,12,13). The average Bonchev–Trinajstić information content (AvgIpc) is 2.24. The summed E-state index contributed by atoms with van der Waals surface area (Å²) in [4.78, 5) is 22.7. The highest BCUT2D eigenvalue weighted by Gasteiger charge is 2.38. The van der Waals surface area contributed by atoms with Crippen molar-refractivity contribution in [2.45, 2.75) is 27.7 Å². The van der Waals surface area contributed by atoms with Gasteiger partial charge in [-0.15, -0.1) is 0 Å². The summed E-state index contributed by atoms with van der Waals surface area (Å²) in [5.41, 5.74) is 1.59. The van der Waals surface area contributed by atoms with E-state index in [0.717, 1.165) is 5.57 Å². The molecule has 0 aromatic rings. The Balaban J connectivity index is 3.12. The van der Waals surface area contributed by atoms with Gasteiger partial charge in [0.15, 0.2) is 0 Å². The van der Waals surface area contributed by atoms with E-state index in [9.17, 15) is 9.59 Å². The molecule has 0 spiro atoms. The summed E-state index contributed by atoms with van der Waals surface area (Å²) >= 11 is 0. The SMILES string of the molecule is CC(C)=C1C(=O)NC(=O)C1C(C)C. The lowest BCUT2D eigenvalue weighted by molar-refractivity contribution is -0.126. The van der Waals surface area contributed by atoms with Gasteiger partial charge in [-0.05, 0) is 19.8 Å². The second-order valence-electron chi connectivity index (χ2n) is 3.95. The van der Waals surface area contributed by atoms with Crippen molar-refractivity contribution in [3.05, 3.63) is 11.1 Å². The van der Waals surface area contributed by atoms with Crippen LogP contribution in [0.15, 0.2) is 11.1 Å². The van der Waals surface area contributed by atoms with Crippen LogP contribution >= 0.6 is 0 Å². The van der Waals surface area contributed by atoms with E-state index in [4.69, 9.17) is 0 Å². The monoisotopic (exact) mass is 181 g/mol. The third-order valence-electron chi connectivity index (χ3n) is 2.28. The van der Waals surface area contributed by atoms with Crippen molar-refractivity contribution in [1.29, 1.82) is 0 Å². The molecule has 1 saturated heterocycles. The quantitative estimate of drug-likeness (QED) is 0.489. The maximum atomic E-state index is 11.4. The molecular formula is C10H15NO2. The number of rotatable bonds is 1. The van der Waals surface area contributed by atoms with Gasteiger partial charge >= 0.3 is 0 Å². The molecule has 0 bridgehead atoms. The lowest BCUT2D eigenvalue weighted by Crippen LogP contribution is -2.24. The third kappa shape index (κ3) is 1.64. The minimum Gasteiger partial charge on any atom is -0.292 e. The fourth-order valence-electron chi connectivity index (χ4n) is 1.70. The molecule has 1 rings (SSSR count). The second-order valence-corrected chi connectivity index (χ2v) is 3.95. The van der Waals surface area contributed by atoms with E-state index in [1.165, 1.54) is 0 Å². The summed E-state index contributed by atoms with van der Waals surface area (Å²) in [6, 6.07) is 0. The summed E-state index contributed by atoms with van der Waals surface area (Å²) in [6.45, 7) is 7.63. The normalized spacial score (nSPS) is 22.5. The number of carbonyl (C=O) groups excluding carboxylic acids is 2. The third-order valence-corrected chi connectivity index (χ3v) is 2.28. The lowest BCUT2D eigenvalue weighted by Gasteiger charge is -2.12. The van der Waals surface area contributed by atoms with Crippen LogP contribution in [0.25, 0.3) is 0 Å². The molecule has 0 aromatic heterocycles. The largest absolute Gasteiger partial charge is 0.292 e. The van der Waals surface area contributed by atoms with E-state index >= 15 is 0 Å². The van der Waals surface area contributed by atoms with Crippen LogP contribution in [0, 0.1) is 11.8 Å². The van der Waals surface area contributed by atoms with Crippen LogP contribution < -0.4 is 5.32 Å². The van der Waals surface area contributed by atoms with Crippen molar-refractivity contribution in [2.75, 3.05) is 0 Å². The van der Waals surface area contributed by atoms with Crippen molar-refractivity contribution in [1.82, 2.24) is 5.32 Å². The molecule has 0 aromatic carbocycles. The van der Waals surface area contributed by atoms with E-state index in [-0.39, 0.29) is 23.7 Å². The predicted molar refractivity (Wildman–Crippen MR) is 49.9 cm³/mol. The van der Waals surface area contributed by atoms with Crippen molar-refractivity contribution >= 4 is 11.8 Å². The Labute approximate surface area is 78.2 Å². The topological polar surface area (TPSA) is 46.2 Å². The number of nitrogens with one attached hydrogen (secondary N) is 1. The van der Waals surface area contributed by atoms with E-state index in [1.54, 1.807) is 0 Å². The Morgan fingerprint density at radius 2 is 1.85 bits per heavy atom. The second kappa shape index (κ2) is 3.32. The number of hydrogen-bond donors (Lipinski definition) is 1. The van der Waals surface area contributed by atoms with E-state index in [2.05, 4.69) is 5.32 Å². The zero-order chi connectivity index (χ0) is 10.2. The van der Waals surface area contributed by atoms with Crippen LogP contribution in [0.4, 0.5) is 0 Å². The Kier molecular flexibility index (Phi) is 2.55. The zero-order valence-electron chi connectivity index (χ0n) is 8.47. The van der Waals surface area contributed by atoms with Gasteiger partial charge < -0.3 is 0 Å². The van der Waals surface area contributed by atoms with Gasteiger partial charge in [0.25, 0.3) is 5.91 Å². The van der Waals surface area contributed by atoms with Crippen molar-refractivity contribution in [3.63, 3.8) is 0 Å².